The fraction of sp³-hybridized carbons (Fsp3) is 0.462. The lowest BCUT2D eigenvalue weighted by atomic mass is 10.0. The molecule has 0 amide bonds. The number of benzene rings is 1. The van der Waals surface area contributed by atoms with Crippen LogP contribution in [0.1, 0.15) is 15.9 Å². The first-order valence-electron chi connectivity index (χ1n) is 5.82. The molecular formula is C13H16F3NO2. The molecule has 0 aromatic heterocycles. The van der Waals surface area contributed by atoms with Gasteiger partial charge in [0.2, 0.25) is 0 Å². The number of hydrogen-bond donors (Lipinski definition) is 1. The molecule has 0 unspecified atom stereocenters. The number of aliphatic hydroxyl groups excluding tert-OH is 1. The fourth-order valence-corrected chi connectivity index (χ4v) is 1.78. The van der Waals surface area contributed by atoms with E-state index in [9.17, 15) is 18.0 Å². The lowest BCUT2D eigenvalue weighted by molar-refractivity contribution is -0.145. The maximum absolute atomic E-state index is 12.3. The summed E-state index contributed by atoms with van der Waals surface area (Å²) in [6, 6.07) is 6.74. The highest BCUT2D eigenvalue weighted by Crippen LogP contribution is 2.17. The minimum Gasteiger partial charge on any atom is -0.395 e. The number of hydrogen-bond acceptors (Lipinski definition) is 3. The van der Waals surface area contributed by atoms with Crippen LogP contribution in [0.5, 0.6) is 0 Å². The van der Waals surface area contributed by atoms with Crippen molar-refractivity contribution >= 4 is 5.78 Å². The number of aryl methyl sites for hydroxylation is 1. The summed E-state index contributed by atoms with van der Waals surface area (Å²) < 4.78 is 37.0. The molecule has 0 saturated carbocycles. The van der Waals surface area contributed by atoms with Gasteiger partial charge in [-0.25, -0.2) is 0 Å². The molecular weight excluding hydrogens is 259 g/mol. The van der Waals surface area contributed by atoms with Gasteiger partial charge >= 0.3 is 6.18 Å². The van der Waals surface area contributed by atoms with E-state index in [1.165, 1.54) is 0 Å². The van der Waals surface area contributed by atoms with Crippen molar-refractivity contribution < 1.29 is 23.1 Å². The van der Waals surface area contributed by atoms with Gasteiger partial charge in [0, 0.05) is 12.1 Å². The van der Waals surface area contributed by atoms with Gasteiger partial charge in [-0.15, -0.1) is 0 Å². The van der Waals surface area contributed by atoms with Crippen molar-refractivity contribution in [3.05, 3.63) is 35.4 Å². The summed E-state index contributed by atoms with van der Waals surface area (Å²) in [7, 11) is 0. The first-order chi connectivity index (χ1) is 8.83. The minimum absolute atomic E-state index is 0.183. The largest absolute Gasteiger partial charge is 0.401 e. The smallest absolute Gasteiger partial charge is 0.395 e. The number of ketones is 1. The van der Waals surface area contributed by atoms with Crippen molar-refractivity contribution in [3.63, 3.8) is 0 Å². The van der Waals surface area contributed by atoms with Crippen LogP contribution in [0.2, 0.25) is 0 Å². The fourth-order valence-electron chi connectivity index (χ4n) is 1.78. The molecule has 106 valence electrons. The van der Waals surface area contributed by atoms with Gasteiger partial charge in [0.05, 0.1) is 19.7 Å². The summed E-state index contributed by atoms with van der Waals surface area (Å²) in [6.07, 6.45) is -4.39. The van der Waals surface area contributed by atoms with E-state index in [1.807, 2.05) is 0 Å². The molecule has 0 saturated heterocycles. The van der Waals surface area contributed by atoms with Crippen molar-refractivity contribution in [2.24, 2.45) is 0 Å². The van der Waals surface area contributed by atoms with Crippen LogP contribution in [-0.4, -0.2) is 48.2 Å². The first-order valence-corrected chi connectivity index (χ1v) is 5.82. The van der Waals surface area contributed by atoms with Crippen LogP contribution in [0.25, 0.3) is 0 Å². The maximum atomic E-state index is 12.3. The van der Waals surface area contributed by atoms with Gasteiger partial charge in [-0.2, -0.15) is 13.2 Å². The zero-order valence-electron chi connectivity index (χ0n) is 10.6. The van der Waals surface area contributed by atoms with E-state index in [1.54, 1.807) is 31.2 Å². The zero-order valence-corrected chi connectivity index (χ0v) is 10.6. The van der Waals surface area contributed by atoms with Crippen molar-refractivity contribution in [2.75, 3.05) is 26.2 Å². The third-order valence-corrected chi connectivity index (χ3v) is 2.63. The molecule has 0 radical (unpaired) electrons. The molecule has 0 aliphatic rings. The molecule has 0 aliphatic heterocycles. The molecule has 0 heterocycles. The van der Waals surface area contributed by atoms with Crippen LogP contribution >= 0.6 is 0 Å². The molecule has 0 spiro atoms. The van der Waals surface area contributed by atoms with Crippen molar-refractivity contribution in [1.82, 2.24) is 4.90 Å². The Bertz CT molecular complexity index is 432. The minimum atomic E-state index is -4.39. The Morgan fingerprint density at radius 1 is 1.32 bits per heavy atom. The molecule has 1 aromatic carbocycles. The average molecular weight is 275 g/mol. The molecule has 1 rings (SSSR count). The van der Waals surface area contributed by atoms with E-state index < -0.39 is 19.3 Å². The Kier molecular flexibility index (Phi) is 5.50. The average Bonchev–Trinajstić information content (AvgIpc) is 2.27. The van der Waals surface area contributed by atoms with Crippen molar-refractivity contribution in [3.8, 4) is 0 Å². The van der Waals surface area contributed by atoms with Gasteiger partial charge in [-0.1, -0.05) is 24.3 Å². The Hall–Kier alpha value is -1.40. The van der Waals surface area contributed by atoms with Gasteiger partial charge in [0.1, 0.15) is 0 Å². The Balaban J connectivity index is 2.74. The third-order valence-electron chi connectivity index (χ3n) is 2.63. The molecule has 6 heteroatoms. The van der Waals surface area contributed by atoms with Gasteiger partial charge in [-0.05, 0) is 12.5 Å². The molecule has 1 aromatic rings. The maximum Gasteiger partial charge on any atom is 0.401 e. The Morgan fingerprint density at radius 2 is 1.95 bits per heavy atom. The monoisotopic (exact) mass is 275 g/mol. The van der Waals surface area contributed by atoms with E-state index in [0.717, 1.165) is 10.5 Å². The molecule has 0 atom stereocenters. The van der Waals surface area contributed by atoms with Crippen LogP contribution in [0.4, 0.5) is 13.2 Å². The molecule has 0 aliphatic carbocycles. The Labute approximate surface area is 109 Å². The predicted octanol–water partition coefficient (Wildman–Crippen LogP) is 2.03. The lowest BCUT2D eigenvalue weighted by Crippen LogP contribution is -2.39. The highest BCUT2D eigenvalue weighted by molar-refractivity contribution is 5.98. The molecule has 3 nitrogen and oxygen atoms in total. The van der Waals surface area contributed by atoms with Crippen LogP contribution in [-0.2, 0) is 0 Å². The SMILES string of the molecule is Cc1ccccc1C(=O)CN(CCO)CC(F)(F)F. The van der Waals surface area contributed by atoms with Crippen molar-refractivity contribution in [2.45, 2.75) is 13.1 Å². The third kappa shape index (κ3) is 5.40. The van der Waals surface area contributed by atoms with Gasteiger partial charge in [-0.3, -0.25) is 9.69 Å². The van der Waals surface area contributed by atoms with E-state index in [4.69, 9.17) is 5.11 Å². The quantitative estimate of drug-likeness (QED) is 0.808. The normalized spacial score (nSPS) is 11.9. The molecule has 0 bridgehead atoms. The highest BCUT2D eigenvalue weighted by Gasteiger charge is 2.31. The van der Waals surface area contributed by atoms with E-state index in [0.29, 0.717) is 5.56 Å². The molecule has 0 fully saturated rings. The summed E-state index contributed by atoms with van der Waals surface area (Å²) in [5.41, 5.74) is 1.14. The van der Waals surface area contributed by atoms with E-state index in [2.05, 4.69) is 0 Å². The van der Waals surface area contributed by atoms with Gasteiger partial charge in [0.15, 0.2) is 5.78 Å². The highest BCUT2D eigenvalue weighted by atomic mass is 19.4. The van der Waals surface area contributed by atoms with Crippen molar-refractivity contribution in [1.29, 1.82) is 0 Å². The zero-order chi connectivity index (χ0) is 14.5. The van der Waals surface area contributed by atoms with Crippen LogP contribution in [0.15, 0.2) is 24.3 Å². The number of alkyl halides is 3. The number of rotatable bonds is 6. The summed E-state index contributed by atoms with van der Waals surface area (Å²) >= 11 is 0. The summed E-state index contributed by atoms with van der Waals surface area (Å²) in [5.74, 6) is -0.379. The lowest BCUT2D eigenvalue weighted by Gasteiger charge is -2.22. The second kappa shape index (κ2) is 6.68. The van der Waals surface area contributed by atoms with Gasteiger partial charge in [0.25, 0.3) is 0 Å². The topological polar surface area (TPSA) is 40.5 Å². The number of carbonyl (C=O) groups is 1. The van der Waals surface area contributed by atoms with E-state index >= 15 is 0 Å². The van der Waals surface area contributed by atoms with Gasteiger partial charge < -0.3 is 5.11 Å². The predicted molar refractivity (Wildman–Crippen MR) is 65.1 cm³/mol. The Morgan fingerprint density at radius 3 is 2.47 bits per heavy atom. The number of Topliss-reactive ketones (excluding diaryl/α,β-unsaturated/α-hetero) is 1. The number of aliphatic hydroxyl groups is 1. The molecule has 1 N–H and O–H groups in total. The second-order valence-electron chi connectivity index (χ2n) is 4.29. The molecule has 19 heavy (non-hydrogen) atoms. The summed E-state index contributed by atoms with van der Waals surface area (Å²) in [6.45, 7) is -0.433. The van der Waals surface area contributed by atoms with Crippen LogP contribution in [0.3, 0.4) is 0 Å². The number of carbonyl (C=O) groups excluding carboxylic acids is 1. The second-order valence-corrected chi connectivity index (χ2v) is 4.29. The van der Waals surface area contributed by atoms with Crippen LogP contribution in [0, 0.1) is 6.92 Å². The summed E-state index contributed by atoms with van der Waals surface area (Å²) in [4.78, 5) is 12.8. The number of halogens is 3. The first kappa shape index (κ1) is 15.7. The standard InChI is InChI=1S/C13H16F3NO2/c1-10-4-2-3-5-11(10)12(19)8-17(6-7-18)9-13(14,15)16/h2-5,18H,6-9H2,1H3. The summed E-state index contributed by atoms with van der Waals surface area (Å²) in [5, 5.41) is 8.75. The van der Waals surface area contributed by atoms with Crippen LogP contribution < -0.4 is 0 Å². The number of nitrogens with zero attached hydrogens (tertiary/aromatic N) is 1. The van der Waals surface area contributed by atoms with E-state index in [-0.39, 0.29) is 18.9 Å².